The summed E-state index contributed by atoms with van der Waals surface area (Å²) in [6.07, 6.45) is 0. The Kier molecular flexibility index (Phi) is 9.68. The topological polar surface area (TPSA) is 0 Å². The molecule has 0 nitrogen and oxygen atoms in total. The van der Waals surface area contributed by atoms with Gasteiger partial charge in [0, 0.05) is 0 Å². The fraction of sp³-hybridized carbons (Fsp3) is 0. The van der Waals surface area contributed by atoms with Gasteiger partial charge >= 0.3 is 28.4 Å². The van der Waals surface area contributed by atoms with Gasteiger partial charge in [-0.1, -0.05) is 84.9 Å². The first kappa shape index (κ1) is 22.1. The predicted molar refractivity (Wildman–Crippen MR) is 118 cm³/mol. The van der Waals surface area contributed by atoms with E-state index in [1.54, 1.807) is 12.1 Å². The molecule has 4 aromatic rings. The van der Waals surface area contributed by atoms with Crippen molar-refractivity contribution < 1.29 is 8.78 Å². The van der Waals surface area contributed by atoms with Crippen molar-refractivity contribution in [3.05, 3.63) is 121 Å². The molecule has 0 atom stereocenters. The third kappa shape index (κ3) is 7.07. The molecule has 0 aliphatic rings. The number of benzene rings is 4. The molecule has 0 saturated heterocycles. The van der Waals surface area contributed by atoms with Gasteiger partial charge in [-0.15, -0.1) is 0 Å². The fourth-order valence-corrected chi connectivity index (χ4v) is 2.60. The number of hydrogen-bond acceptors (Lipinski definition) is 0. The molecule has 0 bridgehead atoms. The van der Waals surface area contributed by atoms with E-state index in [-0.39, 0.29) is 11.6 Å². The minimum atomic E-state index is -0.193. The molecule has 4 aromatic carbocycles. The second kappa shape index (κ2) is 12.3. The van der Waals surface area contributed by atoms with Crippen LogP contribution in [0, 0.1) is 11.6 Å². The Bertz CT molecular complexity index is 877. The second-order valence-electron chi connectivity index (χ2n) is 5.75. The Morgan fingerprint density at radius 3 is 1.04 bits per heavy atom. The molecule has 0 fully saturated rings. The molecule has 0 aliphatic heterocycles. The van der Waals surface area contributed by atoms with Gasteiger partial charge < -0.3 is 0 Å². The molecule has 0 amide bonds. The monoisotopic (exact) mass is 506 g/mol. The Balaban J connectivity index is 0.000000184. The summed E-state index contributed by atoms with van der Waals surface area (Å²) in [4.78, 5) is 0. The molecule has 0 radical (unpaired) electrons. The van der Waals surface area contributed by atoms with Crippen molar-refractivity contribution in [3.63, 3.8) is 0 Å². The summed E-state index contributed by atoms with van der Waals surface area (Å²) in [5, 5.41) is 0. The molecular weight excluding hydrogens is 484 g/mol. The minimum absolute atomic E-state index is 0.193. The predicted octanol–water partition coefficient (Wildman–Crippen LogP) is 5.69. The Hall–Kier alpha value is -2.22. The van der Waals surface area contributed by atoms with Crippen molar-refractivity contribution in [2.75, 3.05) is 0 Å². The van der Waals surface area contributed by atoms with E-state index >= 15 is 0 Å². The Morgan fingerprint density at radius 2 is 0.714 bits per heavy atom. The van der Waals surface area contributed by atoms with Gasteiger partial charge in [-0.05, 0) is 46.5 Å². The van der Waals surface area contributed by atoms with Crippen molar-refractivity contribution in [2.45, 2.75) is 0 Å². The zero-order valence-corrected chi connectivity index (χ0v) is 18.8. The van der Waals surface area contributed by atoms with Crippen LogP contribution in [-0.4, -0.2) is 28.4 Å². The first-order chi connectivity index (χ1) is 13.7. The molecular formula is C24H20F2Se2. The Morgan fingerprint density at radius 1 is 0.393 bits per heavy atom. The number of rotatable bonds is 2. The first-order valence-electron chi connectivity index (χ1n) is 8.54. The van der Waals surface area contributed by atoms with Crippen LogP contribution in [0.2, 0.25) is 0 Å². The fourth-order valence-electron chi connectivity index (χ4n) is 2.60. The number of halogens is 2. The summed E-state index contributed by atoms with van der Waals surface area (Å²) >= 11 is 4.50. The SMILES string of the molecule is Fc1cccc(-c2ccccc2)c1.Fc1cccc(-c2ccccc2)c1.[SeH][SeH]. The summed E-state index contributed by atoms with van der Waals surface area (Å²) in [6, 6.07) is 32.8. The van der Waals surface area contributed by atoms with E-state index in [2.05, 4.69) is 28.4 Å². The van der Waals surface area contributed by atoms with Crippen LogP contribution >= 0.6 is 0 Å². The van der Waals surface area contributed by atoms with Gasteiger partial charge in [0.2, 0.25) is 0 Å². The molecule has 4 rings (SSSR count). The molecule has 142 valence electrons. The number of hydrogen-bond donors (Lipinski definition) is 0. The molecule has 28 heavy (non-hydrogen) atoms. The van der Waals surface area contributed by atoms with E-state index in [1.807, 2.05) is 72.8 Å². The van der Waals surface area contributed by atoms with Crippen LogP contribution in [0.5, 0.6) is 0 Å². The summed E-state index contributed by atoms with van der Waals surface area (Å²) < 4.78 is 25.7. The molecule has 4 heteroatoms. The van der Waals surface area contributed by atoms with Crippen molar-refractivity contribution >= 4 is 28.4 Å². The molecule has 0 spiro atoms. The van der Waals surface area contributed by atoms with Gasteiger partial charge in [-0.25, -0.2) is 8.78 Å². The van der Waals surface area contributed by atoms with E-state index in [1.165, 1.54) is 24.3 Å². The average Bonchev–Trinajstić information content (AvgIpc) is 2.77. The van der Waals surface area contributed by atoms with E-state index in [9.17, 15) is 8.78 Å². The zero-order chi connectivity index (χ0) is 20.2. The first-order valence-corrected chi connectivity index (χ1v) is 13.7. The summed E-state index contributed by atoms with van der Waals surface area (Å²) in [7, 11) is 0. The molecule has 0 aliphatic carbocycles. The van der Waals surface area contributed by atoms with Crippen LogP contribution < -0.4 is 0 Å². The third-order valence-corrected chi connectivity index (χ3v) is 3.86. The van der Waals surface area contributed by atoms with Gasteiger partial charge in [-0.3, -0.25) is 0 Å². The summed E-state index contributed by atoms with van der Waals surface area (Å²) in [5.41, 5.74) is 3.92. The molecule has 0 N–H and O–H groups in total. The van der Waals surface area contributed by atoms with Crippen LogP contribution in [0.15, 0.2) is 109 Å². The van der Waals surface area contributed by atoms with Gasteiger partial charge in [0.15, 0.2) is 0 Å². The van der Waals surface area contributed by atoms with Gasteiger partial charge in [0.1, 0.15) is 11.6 Å². The molecule has 0 unspecified atom stereocenters. The summed E-state index contributed by atoms with van der Waals surface area (Å²) in [5.74, 6) is -0.386. The van der Waals surface area contributed by atoms with Crippen LogP contribution in [0.3, 0.4) is 0 Å². The van der Waals surface area contributed by atoms with Crippen molar-refractivity contribution in [3.8, 4) is 22.3 Å². The van der Waals surface area contributed by atoms with Gasteiger partial charge in [0.05, 0.1) is 0 Å². The maximum absolute atomic E-state index is 12.9. The Labute approximate surface area is 179 Å². The van der Waals surface area contributed by atoms with Crippen LogP contribution in [0.4, 0.5) is 8.78 Å². The van der Waals surface area contributed by atoms with Crippen molar-refractivity contribution in [2.24, 2.45) is 0 Å². The standard InChI is InChI=1S/2C12H9F.H2Se2/c2*13-12-8-4-7-11(9-12)10-5-2-1-3-6-10;1-2/h2*1-9H;1-2H. The van der Waals surface area contributed by atoms with Crippen LogP contribution in [0.1, 0.15) is 0 Å². The third-order valence-electron chi connectivity index (χ3n) is 3.86. The van der Waals surface area contributed by atoms with E-state index in [0.29, 0.717) is 0 Å². The second-order valence-corrected chi connectivity index (χ2v) is 5.75. The van der Waals surface area contributed by atoms with E-state index in [4.69, 9.17) is 0 Å². The van der Waals surface area contributed by atoms with Crippen LogP contribution in [-0.2, 0) is 0 Å². The van der Waals surface area contributed by atoms with E-state index in [0.717, 1.165) is 22.3 Å². The average molecular weight is 504 g/mol. The molecule has 0 heterocycles. The van der Waals surface area contributed by atoms with Crippen molar-refractivity contribution in [1.29, 1.82) is 0 Å². The van der Waals surface area contributed by atoms with Gasteiger partial charge in [0.25, 0.3) is 0 Å². The van der Waals surface area contributed by atoms with Crippen LogP contribution in [0.25, 0.3) is 22.3 Å². The zero-order valence-electron chi connectivity index (χ0n) is 15.0. The van der Waals surface area contributed by atoms with Gasteiger partial charge in [-0.2, -0.15) is 0 Å². The molecule has 0 saturated carbocycles. The molecule has 0 aromatic heterocycles. The normalized spacial score (nSPS) is 9.43. The quantitative estimate of drug-likeness (QED) is 0.308. The van der Waals surface area contributed by atoms with Crippen molar-refractivity contribution in [1.82, 2.24) is 0 Å². The van der Waals surface area contributed by atoms with E-state index < -0.39 is 0 Å². The maximum atomic E-state index is 12.9. The summed E-state index contributed by atoms with van der Waals surface area (Å²) in [6.45, 7) is 0.